The Morgan fingerprint density at radius 3 is 2.48 bits per heavy atom. The van der Waals surface area contributed by atoms with Gasteiger partial charge in [-0.1, -0.05) is 63.4 Å². The lowest BCUT2D eigenvalue weighted by molar-refractivity contribution is 0.293. The van der Waals surface area contributed by atoms with E-state index in [2.05, 4.69) is 15.9 Å². The minimum Gasteiger partial charge on any atom is -0.270 e. The lowest BCUT2D eigenvalue weighted by Crippen LogP contribution is -2.15. The highest BCUT2D eigenvalue weighted by Crippen LogP contribution is 2.31. The van der Waals surface area contributed by atoms with Crippen molar-refractivity contribution >= 4 is 49.2 Å². The molecule has 0 fully saturated rings. The van der Waals surface area contributed by atoms with Crippen molar-refractivity contribution in [1.82, 2.24) is 0 Å². The molecule has 0 saturated carbocycles. The molecule has 0 aliphatic rings. The first-order valence-electron chi connectivity index (χ1n) is 6.79. The smallest absolute Gasteiger partial charge is 0.264 e. The van der Waals surface area contributed by atoms with Crippen LogP contribution in [0.3, 0.4) is 0 Å². The fourth-order valence-corrected chi connectivity index (χ4v) is 3.73. The van der Waals surface area contributed by atoms with E-state index in [0.717, 1.165) is 21.9 Å². The van der Waals surface area contributed by atoms with Crippen LogP contribution in [0.4, 0.5) is 0 Å². The summed E-state index contributed by atoms with van der Waals surface area (Å²) in [5.41, 5.74) is 1.84. The molecule has 0 aliphatic heterocycles. The van der Waals surface area contributed by atoms with E-state index < -0.39 is 10.1 Å². The normalized spacial score (nSPS) is 13.0. The molecule has 0 aromatic heterocycles. The second-order valence-corrected chi connectivity index (χ2v) is 8.49. The molecule has 1 atom stereocenters. The minimum atomic E-state index is -3.52. The Hall–Kier alpha value is -0.590. The lowest BCUT2D eigenvalue weighted by atomic mass is 9.93. The lowest BCUT2D eigenvalue weighted by Gasteiger charge is -2.19. The van der Waals surface area contributed by atoms with Crippen molar-refractivity contribution in [3.8, 4) is 0 Å². The summed E-state index contributed by atoms with van der Waals surface area (Å²) in [6, 6.07) is 12.9. The molecule has 0 spiro atoms. The summed E-state index contributed by atoms with van der Waals surface area (Å²) in [4.78, 5) is 0. The number of hydrogen-bond donors (Lipinski definition) is 0. The van der Waals surface area contributed by atoms with Crippen molar-refractivity contribution in [2.45, 2.75) is 12.3 Å². The number of hydrogen-bond acceptors (Lipinski definition) is 3. The van der Waals surface area contributed by atoms with Crippen LogP contribution < -0.4 is 0 Å². The third-order valence-electron chi connectivity index (χ3n) is 3.31. The molecule has 2 rings (SSSR count). The van der Waals surface area contributed by atoms with Gasteiger partial charge in [0.1, 0.15) is 0 Å². The van der Waals surface area contributed by atoms with Gasteiger partial charge in [0.15, 0.2) is 0 Å². The van der Waals surface area contributed by atoms with Crippen LogP contribution >= 0.6 is 39.1 Å². The van der Waals surface area contributed by atoms with E-state index in [1.165, 1.54) is 0 Å². The number of halogens is 3. The largest absolute Gasteiger partial charge is 0.270 e. The van der Waals surface area contributed by atoms with E-state index in [0.29, 0.717) is 16.5 Å². The molecule has 0 saturated heterocycles. The standard InChI is InChI=1S/C16H15BrCl2O3S/c1-23(20,21)22-10-12(14-4-2-3-5-15(14)17)8-11-6-7-13(18)9-16(11)19/h2-7,9,12H,8,10H2,1H3/t12-/m0/s1. The van der Waals surface area contributed by atoms with Gasteiger partial charge in [-0.25, -0.2) is 0 Å². The zero-order valence-corrected chi connectivity index (χ0v) is 16.2. The molecule has 0 radical (unpaired) electrons. The van der Waals surface area contributed by atoms with Crippen LogP contribution in [-0.2, 0) is 20.7 Å². The van der Waals surface area contributed by atoms with Gasteiger partial charge in [0.25, 0.3) is 10.1 Å². The second-order valence-electron chi connectivity index (χ2n) is 5.15. The van der Waals surface area contributed by atoms with Crippen molar-refractivity contribution in [2.75, 3.05) is 12.9 Å². The predicted octanol–water partition coefficient (Wildman–Crippen LogP) is 5.06. The highest BCUT2D eigenvalue weighted by Gasteiger charge is 2.19. The van der Waals surface area contributed by atoms with E-state index in [4.69, 9.17) is 27.4 Å². The Morgan fingerprint density at radius 2 is 1.87 bits per heavy atom. The van der Waals surface area contributed by atoms with Crippen LogP contribution in [0.2, 0.25) is 10.0 Å². The summed E-state index contributed by atoms with van der Waals surface area (Å²) in [5, 5.41) is 1.11. The van der Waals surface area contributed by atoms with Gasteiger partial charge in [-0.3, -0.25) is 4.18 Å². The molecule has 23 heavy (non-hydrogen) atoms. The van der Waals surface area contributed by atoms with E-state index >= 15 is 0 Å². The maximum absolute atomic E-state index is 11.3. The second kappa shape index (κ2) is 7.99. The molecular weight excluding hydrogens is 423 g/mol. The highest BCUT2D eigenvalue weighted by atomic mass is 79.9. The molecule has 124 valence electrons. The minimum absolute atomic E-state index is 0.0421. The summed E-state index contributed by atoms with van der Waals surface area (Å²) in [6.45, 7) is 0.0421. The molecule has 2 aromatic rings. The summed E-state index contributed by atoms with van der Waals surface area (Å²) in [6.07, 6.45) is 1.58. The Balaban J connectivity index is 2.31. The van der Waals surface area contributed by atoms with E-state index in [-0.39, 0.29) is 12.5 Å². The first-order valence-corrected chi connectivity index (χ1v) is 10.2. The highest BCUT2D eigenvalue weighted by molar-refractivity contribution is 9.10. The SMILES string of the molecule is CS(=O)(=O)OC[C@H](Cc1ccc(Cl)cc1Cl)c1ccccc1Br. The average molecular weight is 438 g/mol. The Kier molecular flexibility index (Phi) is 6.51. The van der Waals surface area contributed by atoms with Crippen LogP contribution in [0.1, 0.15) is 17.0 Å². The third kappa shape index (κ3) is 5.76. The van der Waals surface area contributed by atoms with Gasteiger partial charge in [0.05, 0.1) is 12.9 Å². The number of rotatable bonds is 6. The van der Waals surface area contributed by atoms with E-state index in [1.54, 1.807) is 12.1 Å². The van der Waals surface area contributed by atoms with Crippen molar-refractivity contribution in [2.24, 2.45) is 0 Å². The van der Waals surface area contributed by atoms with E-state index in [1.807, 2.05) is 30.3 Å². The van der Waals surface area contributed by atoms with Gasteiger partial charge < -0.3 is 0 Å². The molecule has 0 unspecified atom stereocenters. The molecule has 0 heterocycles. The van der Waals surface area contributed by atoms with Gasteiger partial charge in [0.2, 0.25) is 0 Å². The molecule has 0 N–H and O–H groups in total. The molecule has 3 nitrogen and oxygen atoms in total. The molecule has 0 bridgehead atoms. The van der Waals surface area contributed by atoms with Gasteiger partial charge in [-0.2, -0.15) is 8.42 Å². The van der Waals surface area contributed by atoms with Gasteiger partial charge in [-0.15, -0.1) is 0 Å². The Labute approximate surface area is 154 Å². The summed E-state index contributed by atoms with van der Waals surface area (Å²) in [5.74, 6) is -0.168. The van der Waals surface area contributed by atoms with Gasteiger partial charge in [-0.05, 0) is 35.7 Å². The quantitative estimate of drug-likeness (QED) is 0.593. The first-order chi connectivity index (χ1) is 10.8. The molecule has 0 aliphatic carbocycles. The third-order valence-corrected chi connectivity index (χ3v) is 5.18. The number of benzene rings is 2. The summed E-state index contributed by atoms with van der Waals surface area (Å²) in [7, 11) is -3.52. The molecule has 7 heteroatoms. The van der Waals surface area contributed by atoms with Crippen LogP contribution in [0.25, 0.3) is 0 Å². The Bertz CT molecular complexity index is 794. The van der Waals surface area contributed by atoms with E-state index in [9.17, 15) is 8.42 Å². The average Bonchev–Trinajstić information content (AvgIpc) is 2.45. The van der Waals surface area contributed by atoms with Crippen molar-refractivity contribution in [3.63, 3.8) is 0 Å². The van der Waals surface area contributed by atoms with Crippen molar-refractivity contribution in [1.29, 1.82) is 0 Å². The maximum atomic E-state index is 11.3. The Morgan fingerprint density at radius 1 is 1.17 bits per heavy atom. The zero-order chi connectivity index (χ0) is 17.0. The summed E-state index contributed by atoms with van der Waals surface area (Å²) < 4.78 is 28.6. The molecule has 0 amide bonds. The molecular formula is C16H15BrCl2O3S. The first kappa shape index (κ1) is 18.7. The zero-order valence-electron chi connectivity index (χ0n) is 12.3. The van der Waals surface area contributed by atoms with Crippen LogP contribution in [0, 0.1) is 0 Å². The van der Waals surface area contributed by atoms with Crippen LogP contribution in [0.15, 0.2) is 46.9 Å². The molecule has 2 aromatic carbocycles. The fourth-order valence-electron chi connectivity index (χ4n) is 2.22. The van der Waals surface area contributed by atoms with Gasteiger partial charge in [0, 0.05) is 20.4 Å². The van der Waals surface area contributed by atoms with Gasteiger partial charge >= 0.3 is 0 Å². The maximum Gasteiger partial charge on any atom is 0.264 e. The van der Waals surface area contributed by atoms with Crippen LogP contribution in [-0.4, -0.2) is 21.3 Å². The predicted molar refractivity (Wildman–Crippen MR) is 97.8 cm³/mol. The van der Waals surface area contributed by atoms with Crippen molar-refractivity contribution in [3.05, 3.63) is 68.1 Å². The summed E-state index contributed by atoms with van der Waals surface area (Å²) >= 11 is 15.7. The fraction of sp³-hybridized carbons (Fsp3) is 0.250. The topological polar surface area (TPSA) is 43.4 Å². The monoisotopic (exact) mass is 436 g/mol. The van der Waals surface area contributed by atoms with Crippen molar-refractivity contribution < 1.29 is 12.6 Å². The van der Waals surface area contributed by atoms with Crippen LogP contribution in [0.5, 0.6) is 0 Å².